The summed E-state index contributed by atoms with van der Waals surface area (Å²) < 4.78 is 5.69. The monoisotopic (exact) mass is 257 g/mol. The van der Waals surface area contributed by atoms with Gasteiger partial charge in [-0.2, -0.15) is 4.98 Å². The predicted molar refractivity (Wildman–Crippen MR) is 75.8 cm³/mol. The summed E-state index contributed by atoms with van der Waals surface area (Å²) in [7, 11) is 0. The molecule has 4 rings (SSSR count). The van der Waals surface area contributed by atoms with Crippen LogP contribution in [0.2, 0.25) is 0 Å². The van der Waals surface area contributed by atoms with Gasteiger partial charge in [0.1, 0.15) is 5.52 Å². The van der Waals surface area contributed by atoms with Crippen LogP contribution in [0.5, 0.6) is 0 Å². The normalized spacial score (nSPS) is 29.2. The summed E-state index contributed by atoms with van der Waals surface area (Å²) in [5.74, 6) is 2.72. The first kappa shape index (κ1) is 11.1. The highest BCUT2D eigenvalue weighted by atomic mass is 16.4. The molecule has 2 aliphatic rings. The second-order valence-corrected chi connectivity index (χ2v) is 6.06. The topological polar surface area (TPSA) is 64.1 Å². The molecule has 0 radical (unpaired) electrons. The molecule has 19 heavy (non-hydrogen) atoms. The summed E-state index contributed by atoms with van der Waals surface area (Å²) in [5.41, 5.74) is 8.09. The van der Waals surface area contributed by atoms with Gasteiger partial charge in [-0.05, 0) is 55.2 Å². The summed E-state index contributed by atoms with van der Waals surface area (Å²) >= 11 is 0. The van der Waals surface area contributed by atoms with Crippen molar-refractivity contribution in [2.75, 3.05) is 17.6 Å². The molecule has 0 amide bonds. The third-order valence-electron chi connectivity index (χ3n) is 4.81. The van der Waals surface area contributed by atoms with E-state index in [1.165, 1.54) is 25.7 Å². The third-order valence-corrected chi connectivity index (χ3v) is 4.81. The molecule has 2 bridgehead atoms. The third kappa shape index (κ3) is 1.95. The molecule has 4 nitrogen and oxygen atoms in total. The van der Waals surface area contributed by atoms with Crippen molar-refractivity contribution in [2.45, 2.75) is 25.7 Å². The van der Waals surface area contributed by atoms with Crippen LogP contribution in [0, 0.1) is 17.8 Å². The highest BCUT2D eigenvalue weighted by molar-refractivity contribution is 5.78. The molecule has 3 N–H and O–H groups in total. The van der Waals surface area contributed by atoms with Gasteiger partial charge in [-0.15, -0.1) is 0 Å². The smallest absolute Gasteiger partial charge is 0.295 e. The van der Waals surface area contributed by atoms with E-state index in [-0.39, 0.29) is 0 Å². The Morgan fingerprint density at radius 2 is 2.26 bits per heavy atom. The Bertz CT molecular complexity index is 606. The minimum atomic E-state index is 0.628. The number of nitrogen functional groups attached to an aromatic ring is 1. The summed E-state index contributed by atoms with van der Waals surface area (Å²) in [6, 6.07) is 6.19. The van der Waals surface area contributed by atoms with Crippen LogP contribution in [-0.4, -0.2) is 11.5 Å². The Labute approximate surface area is 112 Å². The molecule has 3 atom stereocenters. The Morgan fingerprint density at radius 3 is 3.05 bits per heavy atom. The molecule has 1 aromatic heterocycles. The summed E-state index contributed by atoms with van der Waals surface area (Å²) in [6.45, 7) is 0.990. The number of nitrogens with two attached hydrogens (primary N) is 1. The molecule has 0 aliphatic heterocycles. The first-order valence-electron chi connectivity index (χ1n) is 7.18. The number of hydrogen-bond donors (Lipinski definition) is 2. The number of benzene rings is 1. The van der Waals surface area contributed by atoms with Crippen LogP contribution >= 0.6 is 0 Å². The van der Waals surface area contributed by atoms with Crippen molar-refractivity contribution in [3.8, 4) is 0 Å². The lowest BCUT2D eigenvalue weighted by molar-refractivity contribution is 0.346. The fourth-order valence-corrected chi connectivity index (χ4v) is 3.86. The van der Waals surface area contributed by atoms with E-state index in [0.29, 0.717) is 6.01 Å². The van der Waals surface area contributed by atoms with Crippen molar-refractivity contribution >= 4 is 22.8 Å². The molecular weight excluding hydrogens is 238 g/mol. The summed E-state index contributed by atoms with van der Waals surface area (Å²) in [5, 5.41) is 3.36. The lowest BCUT2D eigenvalue weighted by atomic mass is 9.89. The number of oxazole rings is 1. The zero-order chi connectivity index (χ0) is 12.8. The van der Waals surface area contributed by atoms with Gasteiger partial charge in [-0.25, -0.2) is 0 Å². The standard InChI is InChI=1S/C15H19N3O/c16-12-3-4-14-13(7-12)18-15(19-14)17-8-11-6-9-1-2-10(11)5-9/h3-4,7,9-11H,1-2,5-6,8,16H2,(H,17,18). The highest BCUT2D eigenvalue weighted by Crippen LogP contribution is 2.48. The fourth-order valence-electron chi connectivity index (χ4n) is 3.86. The van der Waals surface area contributed by atoms with Gasteiger partial charge in [-0.1, -0.05) is 6.42 Å². The van der Waals surface area contributed by atoms with Crippen LogP contribution in [0.3, 0.4) is 0 Å². The molecule has 1 aromatic carbocycles. The van der Waals surface area contributed by atoms with Crippen LogP contribution in [0.25, 0.3) is 11.1 Å². The SMILES string of the molecule is Nc1ccc2oc(NCC3CC4CCC3C4)nc2c1. The van der Waals surface area contributed by atoms with Crippen molar-refractivity contribution in [3.63, 3.8) is 0 Å². The highest BCUT2D eigenvalue weighted by Gasteiger charge is 2.39. The van der Waals surface area contributed by atoms with E-state index in [4.69, 9.17) is 10.2 Å². The van der Waals surface area contributed by atoms with Gasteiger partial charge in [0.05, 0.1) is 0 Å². The maximum absolute atomic E-state index is 5.75. The molecule has 0 saturated heterocycles. The number of nitrogens with zero attached hydrogens (tertiary/aromatic N) is 1. The van der Waals surface area contributed by atoms with Crippen molar-refractivity contribution in [1.82, 2.24) is 4.98 Å². The number of hydrogen-bond acceptors (Lipinski definition) is 4. The predicted octanol–water partition coefficient (Wildman–Crippen LogP) is 3.26. The van der Waals surface area contributed by atoms with E-state index in [1.54, 1.807) is 0 Å². The molecular formula is C15H19N3O. The number of nitrogens with one attached hydrogen (secondary N) is 1. The Balaban J connectivity index is 1.46. The minimum absolute atomic E-state index is 0.628. The molecule has 100 valence electrons. The van der Waals surface area contributed by atoms with Crippen LogP contribution < -0.4 is 11.1 Å². The van der Waals surface area contributed by atoms with Crippen molar-refractivity contribution < 1.29 is 4.42 Å². The average Bonchev–Trinajstić information content (AvgIpc) is 3.09. The van der Waals surface area contributed by atoms with Gasteiger partial charge in [0.2, 0.25) is 0 Å². The molecule has 3 unspecified atom stereocenters. The van der Waals surface area contributed by atoms with E-state index in [2.05, 4.69) is 10.3 Å². The number of aromatic nitrogens is 1. The van der Waals surface area contributed by atoms with Gasteiger partial charge in [0.25, 0.3) is 6.01 Å². The van der Waals surface area contributed by atoms with E-state index < -0.39 is 0 Å². The first-order valence-corrected chi connectivity index (χ1v) is 7.18. The van der Waals surface area contributed by atoms with Crippen LogP contribution in [0.1, 0.15) is 25.7 Å². The zero-order valence-corrected chi connectivity index (χ0v) is 10.9. The van der Waals surface area contributed by atoms with Crippen LogP contribution in [0.4, 0.5) is 11.7 Å². The second kappa shape index (κ2) is 4.15. The maximum atomic E-state index is 5.75. The molecule has 4 heteroatoms. The average molecular weight is 257 g/mol. The quantitative estimate of drug-likeness (QED) is 0.828. The van der Waals surface area contributed by atoms with E-state index in [1.807, 2.05) is 18.2 Å². The molecule has 0 spiro atoms. The van der Waals surface area contributed by atoms with Crippen molar-refractivity contribution in [1.29, 1.82) is 0 Å². The second-order valence-electron chi connectivity index (χ2n) is 6.06. The molecule has 2 fully saturated rings. The van der Waals surface area contributed by atoms with Gasteiger partial charge < -0.3 is 15.5 Å². The number of rotatable bonds is 3. The Morgan fingerprint density at radius 1 is 1.32 bits per heavy atom. The largest absolute Gasteiger partial charge is 0.424 e. The lowest BCUT2D eigenvalue weighted by Crippen LogP contribution is -2.20. The van der Waals surface area contributed by atoms with Crippen molar-refractivity contribution in [3.05, 3.63) is 18.2 Å². The van der Waals surface area contributed by atoms with E-state index >= 15 is 0 Å². The van der Waals surface area contributed by atoms with E-state index in [9.17, 15) is 0 Å². The summed E-state index contributed by atoms with van der Waals surface area (Å²) in [4.78, 5) is 4.44. The zero-order valence-electron chi connectivity index (χ0n) is 10.9. The Hall–Kier alpha value is -1.71. The first-order chi connectivity index (χ1) is 9.28. The van der Waals surface area contributed by atoms with Gasteiger partial charge in [0.15, 0.2) is 5.58 Å². The molecule has 2 aromatic rings. The molecule has 2 aliphatic carbocycles. The Kier molecular flexibility index (Phi) is 2.43. The van der Waals surface area contributed by atoms with Crippen LogP contribution in [-0.2, 0) is 0 Å². The van der Waals surface area contributed by atoms with Gasteiger partial charge >= 0.3 is 0 Å². The van der Waals surface area contributed by atoms with Crippen LogP contribution in [0.15, 0.2) is 22.6 Å². The summed E-state index contributed by atoms with van der Waals surface area (Å²) in [6.07, 6.45) is 5.69. The minimum Gasteiger partial charge on any atom is -0.424 e. The van der Waals surface area contributed by atoms with Gasteiger partial charge in [-0.3, -0.25) is 0 Å². The molecule has 2 saturated carbocycles. The number of fused-ring (bicyclic) bond motifs is 3. The van der Waals surface area contributed by atoms with Gasteiger partial charge in [0, 0.05) is 12.2 Å². The number of anilines is 2. The molecule has 1 heterocycles. The fraction of sp³-hybridized carbons (Fsp3) is 0.533. The van der Waals surface area contributed by atoms with Crippen molar-refractivity contribution in [2.24, 2.45) is 17.8 Å². The lowest BCUT2D eigenvalue weighted by Gasteiger charge is -2.21. The maximum Gasteiger partial charge on any atom is 0.295 e. The van der Waals surface area contributed by atoms with E-state index in [0.717, 1.165) is 41.1 Å².